The Morgan fingerprint density at radius 1 is 1.37 bits per heavy atom. The van der Waals surface area contributed by atoms with Gasteiger partial charge in [0.15, 0.2) is 0 Å². The third kappa shape index (κ3) is 2.38. The highest BCUT2D eigenvalue weighted by molar-refractivity contribution is 9.10. The van der Waals surface area contributed by atoms with E-state index >= 15 is 0 Å². The van der Waals surface area contributed by atoms with Gasteiger partial charge in [0, 0.05) is 6.42 Å². The number of ether oxygens (including phenoxy) is 2. The lowest BCUT2D eigenvalue weighted by molar-refractivity contribution is -0.153. The monoisotopic (exact) mass is 326 g/mol. The summed E-state index contributed by atoms with van der Waals surface area (Å²) in [6.07, 6.45) is 2.17. The summed E-state index contributed by atoms with van der Waals surface area (Å²) in [6, 6.07) is 5.61. The molecule has 0 bridgehead atoms. The second-order valence-corrected chi connectivity index (χ2v) is 5.75. The molecular weight excluding hydrogens is 308 g/mol. The first kappa shape index (κ1) is 14.4. The summed E-state index contributed by atoms with van der Waals surface area (Å²) in [4.78, 5) is 11.9. The second kappa shape index (κ2) is 5.53. The molecule has 0 amide bonds. The summed E-state index contributed by atoms with van der Waals surface area (Å²) in [6.45, 7) is 4.11. The van der Waals surface area contributed by atoms with Gasteiger partial charge in [-0.15, -0.1) is 0 Å². The smallest absolute Gasteiger partial charge is 0.146 e. The van der Waals surface area contributed by atoms with Gasteiger partial charge in [0.2, 0.25) is 0 Å². The van der Waals surface area contributed by atoms with E-state index in [1.807, 2.05) is 18.2 Å². The Bertz CT molecular complexity index is 480. The molecule has 3 nitrogen and oxygen atoms in total. The molecule has 1 aliphatic carbocycles. The quantitative estimate of drug-likeness (QED) is 0.820. The SMILES string of the molecule is CCC1(CC)C(=O)CC1Oc1ccc(OC)cc1Br. The first-order valence-corrected chi connectivity index (χ1v) is 7.40. The van der Waals surface area contributed by atoms with Gasteiger partial charge in [-0.25, -0.2) is 0 Å². The van der Waals surface area contributed by atoms with Gasteiger partial charge in [0.05, 0.1) is 17.0 Å². The fraction of sp³-hybridized carbons (Fsp3) is 0.533. The Kier molecular flexibility index (Phi) is 4.19. The minimum absolute atomic E-state index is 0.0142. The maximum Gasteiger partial charge on any atom is 0.146 e. The van der Waals surface area contributed by atoms with E-state index in [9.17, 15) is 4.79 Å². The molecular formula is C15H19BrO3. The average Bonchev–Trinajstić information content (AvgIpc) is 2.41. The Labute approximate surface area is 122 Å². The number of Topliss-reactive ketones (excluding diaryl/α,β-unsaturated/α-hetero) is 1. The van der Waals surface area contributed by atoms with Crippen molar-refractivity contribution in [2.45, 2.75) is 39.2 Å². The minimum Gasteiger partial charge on any atom is -0.497 e. The third-order valence-corrected chi connectivity index (χ3v) is 4.83. The van der Waals surface area contributed by atoms with Gasteiger partial charge < -0.3 is 9.47 Å². The molecule has 0 heterocycles. The van der Waals surface area contributed by atoms with Crippen LogP contribution in [0, 0.1) is 5.41 Å². The van der Waals surface area contributed by atoms with Crippen LogP contribution in [0.5, 0.6) is 11.5 Å². The topological polar surface area (TPSA) is 35.5 Å². The van der Waals surface area contributed by atoms with Crippen LogP contribution in [0.3, 0.4) is 0 Å². The van der Waals surface area contributed by atoms with Crippen molar-refractivity contribution < 1.29 is 14.3 Å². The van der Waals surface area contributed by atoms with Crippen molar-refractivity contribution in [2.24, 2.45) is 5.41 Å². The van der Waals surface area contributed by atoms with Crippen LogP contribution < -0.4 is 9.47 Å². The van der Waals surface area contributed by atoms with Crippen LogP contribution in [0.25, 0.3) is 0 Å². The zero-order valence-corrected chi connectivity index (χ0v) is 13.1. The highest BCUT2D eigenvalue weighted by atomic mass is 79.9. The van der Waals surface area contributed by atoms with E-state index in [4.69, 9.17) is 9.47 Å². The van der Waals surface area contributed by atoms with Crippen molar-refractivity contribution in [3.8, 4) is 11.5 Å². The first-order chi connectivity index (χ1) is 9.07. The Morgan fingerprint density at radius 3 is 2.53 bits per heavy atom. The van der Waals surface area contributed by atoms with Crippen molar-refractivity contribution in [1.82, 2.24) is 0 Å². The molecule has 0 N–H and O–H groups in total. The van der Waals surface area contributed by atoms with Gasteiger partial charge in [0.25, 0.3) is 0 Å². The molecule has 1 atom stereocenters. The van der Waals surface area contributed by atoms with E-state index in [-0.39, 0.29) is 11.5 Å². The molecule has 0 aromatic heterocycles. The largest absolute Gasteiger partial charge is 0.497 e. The molecule has 1 aliphatic rings. The van der Waals surface area contributed by atoms with Gasteiger partial charge in [-0.05, 0) is 47.0 Å². The van der Waals surface area contributed by atoms with Crippen LogP contribution in [0.2, 0.25) is 0 Å². The molecule has 2 rings (SSSR count). The lowest BCUT2D eigenvalue weighted by atomic mass is 9.61. The molecule has 0 saturated heterocycles. The number of benzene rings is 1. The molecule has 19 heavy (non-hydrogen) atoms. The van der Waals surface area contributed by atoms with Gasteiger partial charge in [-0.3, -0.25) is 4.79 Å². The third-order valence-electron chi connectivity index (χ3n) is 4.21. The number of rotatable bonds is 5. The van der Waals surface area contributed by atoms with E-state index < -0.39 is 0 Å². The molecule has 1 aromatic carbocycles. The molecule has 1 fully saturated rings. The normalized spacial score (nSPS) is 20.8. The van der Waals surface area contributed by atoms with Crippen molar-refractivity contribution >= 4 is 21.7 Å². The molecule has 0 radical (unpaired) electrons. The van der Waals surface area contributed by atoms with E-state index in [1.165, 1.54) is 0 Å². The predicted octanol–water partition coefficient (Wildman–Crippen LogP) is 3.98. The van der Waals surface area contributed by atoms with E-state index in [0.717, 1.165) is 28.8 Å². The summed E-state index contributed by atoms with van der Waals surface area (Å²) in [7, 11) is 1.63. The minimum atomic E-state index is -0.292. The Balaban J connectivity index is 2.16. The van der Waals surface area contributed by atoms with Crippen LogP contribution in [0.15, 0.2) is 22.7 Å². The van der Waals surface area contributed by atoms with Gasteiger partial charge >= 0.3 is 0 Å². The van der Waals surface area contributed by atoms with Crippen molar-refractivity contribution in [3.05, 3.63) is 22.7 Å². The number of hydrogen-bond donors (Lipinski definition) is 0. The van der Waals surface area contributed by atoms with Crippen LogP contribution in [-0.4, -0.2) is 19.0 Å². The fourth-order valence-electron chi connectivity index (χ4n) is 2.73. The summed E-state index contributed by atoms with van der Waals surface area (Å²) in [5.74, 6) is 1.87. The van der Waals surface area contributed by atoms with Crippen LogP contribution in [0.4, 0.5) is 0 Å². The molecule has 1 unspecified atom stereocenters. The lowest BCUT2D eigenvalue weighted by Gasteiger charge is -2.46. The highest BCUT2D eigenvalue weighted by Crippen LogP contribution is 2.46. The van der Waals surface area contributed by atoms with E-state index in [0.29, 0.717) is 12.2 Å². The fourth-order valence-corrected chi connectivity index (χ4v) is 3.18. The van der Waals surface area contributed by atoms with Gasteiger partial charge in [-0.1, -0.05) is 13.8 Å². The maximum atomic E-state index is 11.9. The van der Waals surface area contributed by atoms with Crippen molar-refractivity contribution in [2.75, 3.05) is 7.11 Å². The molecule has 0 aliphatic heterocycles. The average molecular weight is 327 g/mol. The number of carbonyl (C=O) groups is 1. The number of hydrogen-bond acceptors (Lipinski definition) is 3. The summed E-state index contributed by atoms with van der Waals surface area (Å²) in [5, 5.41) is 0. The highest BCUT2D eigenvalue weighted by Gasteiger charge is 2.53. The van der Waals surface area contributed by atoms with E-state index in [1.54, 1.807) is 7.11 Å². The summed E-state index contributed by atoms with van der Waals surface area (Å²) in [5.41, 5.74) is -0.292. The lowest BCUT2D eigenvalue weighted by Crippen LogP contribution is -2.56. The van der Waals surface area contributed by atoms with Gasteiger partial charge in [-0.2, -0.15) is 0 Å². The number of halogens is 1. The Morgan fingerprint density at radius 2 is 2.05 bits per heavy atom. The zero-order chi connectivity index (χ0) is 14.0. The van der Waals surface area contributed by atoms with Crippen LogP contribution >= 0.6 is 15.9 Å². The molecule has 1 saturated carbocycles. The number of carbonyl (C=O) groups excluding carboxylic acids is 1. The standard InChI is InChI=1S/C15H19BrO3/c1-4-15(5-2)13(17)9-14(15)19-12-7-6-10(18-3)8-11(12)16/h6-8,14H,4-5,9H2,1-3H3. The summed E-state index contributed by atoms with van der Waals surface area (Å²) < 4.78 is 12.0. The maximum absolute atomic E-state index is 11.9. The summed E-state index contributed by atoms with van der Waals surface area (Å²) >= 11 is 3.48. The molecule has 104 valence electrons. The number of methoxy groups -OCH3 is 1. The molecule has 1 aromatic rings. The predicted molar refractivity (Wildman–Crippen MR) is 77.7 cm³/mol. The second-order valence-electron chi connectivity index (χ2n) is 4.89. The van der Waals surface area contributed by atoms with E-state index in [2.05, 4.69) is 29.8 Å². The zero-order valence-electron chi connectivity index (χ0n) is 11.5. The van der Waals surface area contributed by atoms with Crippen LogP contribution in [0.1, 0.15) is 33.1 Å². The number of ketones is 1. The molecule has 4 heteroatoms. The van der Waals surface area contributed by atoms with Gasteiger partial charge in [0.1, 0.15) is 23.4 Å². The van der Waals surface area contributed by atoms with Crippen molar-refractivity contribution in [3.63, 3.8) is 0 Å². The first-order valence-electron chi connectivity index (χ1n) is 6.61. The van der Waals surface area contributed by atoms with Crippen LogP contribution in [-0.2, 0) is 4.79 Å². The Hall–Kier alpha value is -1.03. The van der Waals surface area contributed by atoms with Crippen molar-refractivity contribution in [1.29, 1.82) is 0 Å². The molecule has 0 spiro atoms.